The smallest absolute Gasteiger partial charge is 0.307 e. The van der Waals surface area contributed by atoms with E-state index >= 15 is 0 Å². The van der Waals surface area contributed by atoms with E-state index in [1.165, 1.54) is 0 Å². The zero-order valence-electron chi connectivity index (χ0n) is 11.0. The Morgan fingerprint density at radius 2 is 2.05 bits per heavy atom. The number of carbonyl (C=O) groups is 2. The topological polar surface area (TPSA) is 79.5 Å². The number of nitrogens with one attached hydrogen (secondary N) is 1. The van der Waals surface area contributed by atoms with Crippen LogP contribution >= 0.6 is 0 Å². The third-order valence-electron chi connectivity index (χ3n) is 3.75. The van der Waals surface area contributed by atoms with E-state index in [0.717, 1.165) is 12.8 Å². The summed E-state index contributed by atoms with van der Waals surface area (Å²) in [7, 11) is 0. The van der Waals surface area contributed by atoms with Crippen molar-refractivity contribution in [2.45, 2.75) is 38.6 Å². The lowest BCUT2D eigenvalue weighted by atomic mass is 9.78. The van der Waals surface area contributed by atoms with Crippen LogP contribution in [0, 0.1) is 11.8 Å². The molecule has 1 saturated carbocycles. The second-order valence-corrected chi connectivity index (χ2v) is 5.08. The summed E-state index contributed by atoms with van der Waals surface area (Å²) in [6, 6.07) is 3.32. The molecule has 19 heavy (non-hydrogen) atoms. The molecule has 1 aromatic rings. The van der Waals surface area contributed by atoms with E-state index in [-0.39, 0.29) is 11.9 Å². The average Bonchev–Trinajstić information content (AvgIpc) is 2.92. The molecule has 2 rings (SSSR count). The minimum Gasteiger partial charge on any atom is -0.481 e. The van der Waals surface area contributed by atoms with E-state index < -0.39 is 17.8 Å². The van der Waals surface area contributed by atoms with Crippen LogP contribution in [0.2, 0.25) is 0 Å². The number of carbonyl (C=O) groups excluding carboxylic acids is 1. The molecule has 2 N–H and O–H groups in total. The molecular formula is C14H19NO4. The fraction of sp³-hybridized carbons (Fsp3) is 0.571. The van der Waals surface area contributed by atoms with Crippen molar-refractivity contribution in [3.8, 4) is 0 Å². The maximum Gasteiger partial charge on any atom is 0.307 e. The monoisotopic (exact) mass is 265 g/mol. The van der Waals surface area contributed by atoms with Crippen LogP contribution in [0.1, 0.15) is 44.4 Å². The van der Waals surface area contributed by atoms with Crippen LogP contribution in [0.3, 0.4) is 0 Å². The van der Waals surface area contributed by atoms with E-state index in [9.17, 15) is 14.7 Å². The zero-order valence-corrected chi connectivity index (χ0v) is 11.0. The number of carboxylic acids is 1. The predicted octanol–water partition coefficient (Wildman–Crippen LogP) is 2.35. The van der Waals surface area contributed by atoms with Gasteiger partial charge in [0.25, 0.3) is 0 Å². The molecule has 5 nitrogen and oxygen atoms in total. The average molecular weight is 265 g/mol. The third-order valence-corrected chi connectivity index (χ3v) is 3.75. The molecule has 3 atom stereocenters. The standard InChI is InChI=1S/C14H19NO4/c1-9(12-7-4-8-19-12)15-13(16)10-5-2-3-6-11(10)14(17)18/h4,7-11H,2-3,5-6H2,1H3,(H,15,16)(H,17,18). The van der Waals surface area contributed by atoms with E-state index in [2.05, 4.69) is 5.32 Å². The Labute approximate surface area is 112 Å². The van der Waals surface area contributed by atoms with Crippen molar-refractivity contribution < 1.29 is 19.1 Å². The molecule has 0 bridgehead atoms. The van der Waals surface area contributed by atoms with Crippen molar-refractivity contribution in [2.24, 2.45) is 11.8 Å². The molecule has 0 aliphatic heterocycles. The number of hydrogen-bond donors (Lipinski definition) is 2. The summed E-state index contributed by atoms with van der Waals surface area (Å²) >= 11 is 0. The normalized spacial score (nSPS) is 24.7. The van der Waals surface area contributed by atoms with Crippen molar-refractivity contribution in [1.29, 1.82) is 0 Å². The summed E-state index contributed by atoms with van der Waals surface area (Å²) in [6.07, 6.45) is 4.58. The van der Waals surface area contributed by atoms with Gasteiger partial charge in [0.2, 0.25) is 5.91 Å². The Hall–Kier alpha value is -1.78. The SMILES string of the molecule is CC(NC(=O)C1CCCCC1C(=O)O)c1ccco1. The minimum absolute atomic E-state index is 0.184. The van der Waals surface area contributed by atoms with E-state index in [1.54, 1.807) is 18.4 Å². The van der Waals surface area contributed by atoms with E-state index in [4.69, 9.17) is 4.42 Å². The highest BCUT2D eigenvalue weighted by atomic mass is 16.4. The van der Waals surface area contributed by atoms with Crippen molar-refractivity contribution in [1.82, 2.24) is 5.32 Å². The molecule has 0 radical (unpaired) electrons. The third kappa shape index (κ3) is 3.16. The van der Waals surface area contributed by atoms with Crippen LogP contribution in [-0.4, -0.2) is 17.0 Å². The first-order valence-electron chi connectivity index (χ1n) is 6.66. The van der Waals surface area contributed by atoms with Crippen molar-refractivity contribution in [2.75, 3.05) is 0 Å². The minimum atomic E-state index is -0.870. The Morgan fingerprint density at radius 3 is 2.63 bits per heavy atom. The lowest BCUT2D eigenvalue weighted by Crippen LogP contribution is -2.40. The Morgan fingerprint density at radius 1 is 1.37 bits per heavy atom. The number of furan rings is 1. The molecular weight excluding hydrogens is 246 g/mol. The maximum absolute atomic E-state index is 12.2. The Kier molecular flexibility index (Phi) is 4.24. The number of aliphatic carboxylic acids is 1. The lowest BCUT2D eigenvalue weighted by molar-refractivity contribution is -0.149. The molecule has 3 unspecified atom stereocenters. The molecule has 0 spiro atoms. The van der Waals surface area contributed by atoms with Gasteiger partial charge >= 0.3 is 5.97 Å². The van der Waals surface area contributed by atoms with Crippen LogP contribution in [0.4, 0.5) is 0 Å². The van der Waals surface area contributed by atoms with E-state index in [0.29, 0.717) is 18.6 Å². The molecule has 1 aliphatic rings. The van der Waals surface area contributed by atoms with Gasteiger partial charge in [0.15, 0.2) is 0 Å². The van der Waals surface area contributed by atoms with Gasteiger partial charge in [-0.25, -0.2) is 0 Å². The number of hydrogen-bond acceptors (Lipinski definition) is 3. The summed E-state index contributed by atoms with van der Waals surface area (Å²) in [6.45, 7) is 1.83. The van der Waals surface area contributed by atoms with Gasteiger partial charge in [-0.05, 0) is 31.9 Å². The van der Waals surface area contributed by atoms with Gasteiger partial charge < -0.3 is 14.8 Å². The van der Waals surface area contributed by atoms with Crippen molar-refractivity contribution in [3.05, 3.63) is 24.2 Å². The van der Waals surface area contributed by atoms with Gasteiger partial charge in [-0.15, -0.1) is 0 Å². The number of carboxylic acid groups (broad SMARTS) is 1. The van der Waals surface area contributed by atoms with Gasteiger partial charge in [0.1, 0.15) is 5.76 Å². The summed E-state index contributed by atoms with van der Waals surface area (Å²) in [5, 5.41) is 12.0. The molecule has 1 heterocycles. The molecule has 1 fully saturated rings. The summed E-state index contributed by atoms with van der Waals surface area (Å²) in [5.74, 6) is -1.36. The van der Waals surface area contributed by atoms with Crippen molar-refractivity contribution in [3.63, 3.8) is 0 Å². The molecule has 0 saturated heterocycles. The van der Waals surface area contributed by atoms with Crippen LogP contribution in [-0.2, 0) is 9.59 Å². The molecule has 1 aromatic heterocycles. The zero-order chi connectivity index (χ0) is 13.8. The predicted molar refractivity (Wildman–Crippen MR) is 68.3 cm³/mol. The highest BCUT2D eigenvalue weighted by Crippen LogP contribution is 2.31. The van der Waals surface area contributed by atoms with Crippen LogP contribution in [0.15, 0.2) is 22.8 Å². The molecule has 1 amide bonds. The lowest BCUT2D eigenvalue weighted by Gasteiger charge is -2.28. The highest BCUT2D eigenvalue weighted by molar-refractivity contribution is 5.85. The Bertz CT molecular complexity index is 440. The molecule has 5 heteroatoms. The fourth-order valence-corrected chi connectivity index (χ4v) is 2.67. The van der Waals surface area contributed by atoms with Crippen LogP contribution in [0.25, 0.3) is 0 Å². The first kappa shape index (κ1) is 13.6. The largest absolute Gasteiger partial charge is 0.481 e. The maximum atomic E-state index is 12.2. The van der Waals surface area contributed by atoms with Crippen molar-refractivity contribution >= 4 is 11.9 Å². The first-order valence-corrected chi connectivity index (χ1v) is 6.66. The summed E-state index contributed by atoms with van der Waals surface area (Å²) in [5.41, 5.74) is 0. The Balaban J connectivity index is 2.00. The fourth-order valence-electron chi connectivity index (χ4n) is 2.67. The van der Waals surface area contributed by atoms with Crippen LogP contribution in [0.5, 0.6) is 0 Å². The highest BCUT2D eigenvalue weighted by Gasteiger charge is 2.36. The quantitative estimate of drug-likeness (QED) is 0.875. The number of amides is 1. The van der Waals surface area contributed by atoms with Crippen LogP contribution < -0.4 is 5.32 Å². The van der Waals surface area contributed by atoms with Gasteiger partial charge in [0, 0.05) is 0 Å². The molecule has 104 valence electrons. The van der Waals surface area contributed by atoms with Gasteiger partial charge in [-0.2, -0.15) is 0 Å². The molecule has 1 aliphatic carbocycles. The first-order chi connectivity index (χ1) is 9.09. The second kappa shape index (κ2) is 5.91. The summed E-state index contributed by atoms with van der Waals surface area (Å²) < 4.78 is 5.23. The van der Waals surface area contributed by atoms with Gasteiger partial charge in [-0.3, -0.25) is 9.59 Å². The molecule has 0 aromatic carbocycles. The van der Waals surface area contributed by atoms with Gasteiger partial charge in [-0.1, -0.05) is 12.8 Å². The number of rotatable bonds is 4. The second-order valence-electron chi connectivity index (χ2n) is 5.08. The van der Waals surface area contributed by atoms with Gasteiger partial charge in [0.05, 0.1) is 24.1 Å². The van der Waals surface area contributed by atoms with E-state index in [1.807, 2.05) is 6.92 Å². The summed E-state index contributed by atoms with van der Waals surface area (Å²) in [4.78, 5) is 23.4.